The molecule has 2 atom stereocenters. The minimum Gasteiger partial charge on any atom is -0.494 e. The Morgan fingerprint density at radius 1 is 1.04 bits per heavy atom. The van der Waals surface area contributed by atoms with Crippen molar-refractivity contribution in [2.45, 2.75) is 31.0 Å². The number of aliphatic hydroxyl groups is 1. The summed E-state index contributed by atoms with van der Waals surface area (Å²) in [6.07, 6.45) is -0.371. The number of halogens is 2. The number of carbonyl (C=O) groups is 1. The van der Waals surface area contributed by atoms with Gasteiger partial charge in [-0.25, -0.2) is 14.8 Å². The van der Waals surface area contributed by atoms with Crippen molar-refractivity contribution in [2.75, 3.05) is 13.2 Å². The van der Waals surface area contributed by atoms with E-state index >= 15 is 0 Å². The lowest BCUT2D eigenvalue weighted by atomic mass is 9.81. The average Bonchev–Trinajstić information content (AvgIpc) is 3.44. The van der Waals surface area contributed by atoms with Gasteiger partial charge >= 0.3 is 0 Å². The van der Waals surface area contributed by atoms with Crippen molar-refractivity contribution < 1.29 is 23.8 Å². The van der Waals surface area contributed by atoms with Gasteiger partial charge in [-0.15, -0.1) is 0 Å². The van der Waals surface area contributed by atoms with Crippen LogP contribution in [0.5, 0.6) is 5.75 Å². The summed E-state index contributed by atoms with van der Waals surface area (Å²) in [5.41, 5.74) is 15.8. The monoisotopic (exact) mass is 672 g/mol. The first-order chi connectivity index (χ1) is 21.9. The fourth-order valence-corrected chi connectivity index (χ4v) is 5.25. The Hall–Kier alpha value is -4.74. The van der Waals surface area contributed by atoms with Crippen molar-refractivity contribution in [3.63, 3.8) is 0 Å². The molecule has 3 N–H and O–H groups in total. The first-order valence-corrected chi connectivity index (χ1v) is 15.0. The van der Waals surface area contributed by atoms with Crippen LogP contribution in [0.15, 0.2) is 112 Å². The molecule has 0 bridgehead atoms. The van der Waals surface area contributed by atoms with Gasteiger partial charge in [-0.3, -0.25) is 10.2 Å². The van der Waals surface area contributed by atoms with Crippen molar-refractivity contribution >= 4 is 33.4 Å². The molecule has 0 aliphatic carbocycles. The number of amides is 1. The number of rotatable bonds is 13. The van der Waals surface area contributed by atoms with Crippen LogP contribution < -0.4 is 15.6 Å². The summed E-state index contributed by atoms with van der Waals surface area (Å²) in [6.45, 7) is 0.427. The summed E-state index contributed by atoms with van der Waals surface area (Å²) in [5, 5.41) is 12.9. The van der Waals surface area contributed by atoms with Crippen LogP contribution >= 0.6 is 15.9 Å². The van der Waals surface area contributed by atoms with Gasteiger partial charge in [0.15, 0.2) is 11.6 Å². The van der Waals surface area contributed by atoms with Crippen molar-refractivity contribution in [1.29, 1.82) is 0 Å². The summed E-state index contributed by atoms with van der Waals surface area (Å²) in [7, 11) is 0. The van der Waals surface area contributed by atoms with Crippen LogP contribution in [0.2, 0.25) is 0 Å². The molecular weight excluding hydrogens is 643 g/mol. The topological polar surface area (TPSA) is 141 Å². The number of aliphatic hydroxyl groups excluding tert-OH is 1. The molecule has 0 spiro atoms. The summed E-state index contributed by atoms with van der Waals surface area (Å²) in [4.78, 5) is 22.3. The normalized spacial score (nSPS) is 17.1. The second-order valence-electron chi connectivity index (χ2n) is 10.2. The third-order valence-corrected chi connectivity index (χ3v) is 7.77. The molecule has 45 heavy (non-hydrogen) atoms. The maximum atomic E-state index is 14.3. The number of hydrogen-bond donors (Lipinski definition) is 3. The van der Waals surface area contributed by atoms with E-state index in [-0.39, 0.29) is 25.5 Å². The number of nitrogens with one attached hydrogen (secondary N) is 2. The van der Waals surface area contributed by atoms with Crippen LogP contribution in [0.3, 0.4) is 0 Å². The molecule has 5 rings (SSSR count). The van der Waals surface area contributed by atoms with Gasteiger partial charge in [0.2, 0.25) is 5.90 Å². The Balaban J connectivity index is 1.56. The zero-order valence-electron chi connectivity index (χ0n) is 24.1. The Bertz CT molecular complexity index is 1710. The molecule has 0 saturated carbocycles. The van der Waals surface area contributed by atoms with Crippen LogP contribution in [-0.4, -0.2) is 35.7 Å². The van der Waals surface area contributed by atoms with Gasteiger partial charge in [0.05, 0.1) is 6.61 Å². The highest BCUT2D eigenvalue weighted by atomic mass is 79.9. The number of nitrogens with zero attached hydrogens (tertiary/aromatic N) is 4. The molecule has 12 heteroatoms. The first-order valence-electron chi connectivity index (χ1n) is 14.2. The van der Waals surface area contributed by atoms with Gasteiger partial charge in [-0.1, -0.05) is 75.6 Å². The van der Waals surface area contributed by atoms with Gasteiger partial charge in [0, 0.05) is 52.2 Å². The number of aliphatic imine (C=N–C) groups is 1. The van der Waals surface area contributed by atoms with Crippen molar-refractivity contribution in [3.05, 3.63) is 140 Å². The number of azide groups is 1. The fourth-order valence-electron chi connectivity index (χ4n) is 4.99. The smallest absolute Gasteiger partial charge is 0.266 e. The van der Waals surface area contributed by atoms with E-state index in [1.54, 1.807) is 66.7 Å². The molecule has 0 aromatic heterocycles. The van der Waals surface area contributed by atoms with Crippen LogP contribution in [0, 0.1) is 5.82 Å². The maximum Gasteiger partial charge on any atom is 0.266 e. The van der Waals surface area contributed by atoms with Crippen molar-refractivity contribution in [2.24, 2.45) is 10.1 Å². The van der Waals surface area contributed by atoms with E-state index in [0.29, 0.717) is 46.7 Å². The highest BCUT2D eigenvalue weighted by molar-refractivity contribution is 9.10. The molecule has 1 aliphatic rings. The fraction of sp³-hybridized carbons (Fsp3) is 0.212. The van der Waals surface area contributed by atoms with Crippen LogP contribution in [0.1, 0.15) is 34.8 Å². The lowest BCUT2D eigenvalue weighted by Gasteiger charge is -2.31. The van der Waals surface area contributed by atoms with Gasteiger partial charge in [-0.2, -0.15) is 0 Å². The van der Waals surface area contributed by atoms with E-state index in [1.165, 1.54) is 6.07 Å². The molecule has 1 amide bonds. The second-order valence-corrected chi connectivity index (χ2v) is 11.2. The van der Waals surface area contributed by atoms with Crippen LogP contribution in [0.25, 0.3) is 10.4 Å². The van der Waals surface area contributed by atoms with E-state index in [2.05, 4.69) is 36.8 Å². The predicted octanol–water partition coefficient (Wildman–Crippen LogP) is 6.61. The van der Waals surface area contributed by atoms with Gasteiger partial charge in [-0.05, 0) is 59.1 Å². The van der Waals surface area contributed by atoms with E-state index in [4.69, 9.17) is 19.6 Å². The Morgan fingerprint density at radius 2 is 1.76 bits per heavy atom. The summed E-state index contributed by atoms with van der Waals surface area (Å²) in [6, 6.07) is 27.7. The van der Waals surface area contributed by atoms with Gasteiger partial charge < -0.3 is 14.6 Å². The number of hydrazine groups is 1. The van der Waals surface area contributed by atoms with Crippen LogP contribution in [-0.2, 0) is 22.5 Å². The molecule has 0 saturated heterocycles. The summed E-state index contributed by atoms with van der Waals surface area (Å²) < 4.78 is 27.3. The number of hydrogen-bond acceptors (Lipinski definition) is 7. The molecule has 4 aromatic carbocycles. The molecule has 0 fully saturated rings. The predicted molar refractivity (Wildman–Crippen MR) is 171 cm³/mol. The molecule has 10 nitrogen and oxygen atoms in total. The third kappa shape index (κ3) is 7.50. The number of carbonyl (C=O) groups excluding carboxylic acids is 1. The Labute approximate surface area is 267 Å². The van der Waals surface area contributed by atoms with Crippen molar-refractivity contribution in [1.82, 2.24) is 10.9 Å². The molecule has 0 radical (unpaired) electrons. The zero-order valence-corrected chi connectivity index (χ0v) is 25.7. The maximum absolute atomic E-state index is 14.3. The number of ether oxygens (including phenoxy) is 2. The second kappa shape index (κ2) is 14.8. The van der Waals surface area contributed by atoms with E-state index in [1.807, 2.05) is 24.3 Å². The largest absolute Gasteiger partial charge is 0.494 e. The average molecular weight is 674 g/mol. The Morgan fingerprint density at radius 3 is 2.47 bits per heavy atom. The SMILES string of the molecule is [N-]=[N+]=Nc1ccccc1C[C@]1(C(=O)NNCc2ccccc2F)N=C(c2ccc(OCCCO)cc2)O[C@H]1c1ccc(Br)cc1. The van der Waals surface area contributed by atoms with Gasteiger partial charge in [0.1, 0.15) is 11.6 Å². The standard InChI is InChI=1S/C33H30BrFN6O4/c34-26-14-10-22(11-15-26)30-33(20-24-6-2-4-9-29(24)39-41-36,32(43)40-37-21-25-7-1-3-8-28(25)35)38-31(45-30)23-12-16-27(17-13-23)44-19-5-18-42/h1-4,6-17,30,37,42H,5,18-21H2,(H,40,43)/t30-,33-/m0/s1. The zero-order chi connectivity index (χ0) is 31.6. The lowest BCUT2D eigenvalue weighted by Crippen LogP contribution is -2.53. The first kappa shape index (κ1) is 31.7. The molecule has 4 aromatic rings. The molecule has 1 aliphatic heterocycles. The minimum absolute atomic E-state index is 0.0159. The lowest BCUT2D eigenvalue weighted by molar-refractivity contribution is -0.130. The highest BCUT2D eigenvalue weighted by Gasteiger charge is 2.53. The van der Waals surface area contributed by atoms with E-state index in [0.717, 1.165) is 4.47 Å². The summed E-state index contributed by atoms with van der Waals surface area (Å²) >= 11 is 3.47. The molecule has 0 unspecified atom stereocenters. The third-order valence-electron chi connectivity index (χ3n) is 7.25. The van der Waals surface area contributed by atoms with Crippen LogP contribution in [0.4, 0.5) is 10.1 Å². The number of benzene rings is 4. The quantitative estimate of drug-likeness (QED) is 0.0482. The molecule has 230 valence electrons. The highest BCUT2D eigenvalue weighted by Crippen LogP contribution is 2.44. The van der Waals surface area contributed by atoms with Gasteiger partial charge in [0.25, 0.3) is 5.91 Å². The Kier molecular flexibility index (Phi) is 10.4. The van der Waals surface area contributed by atoms with Crippen molar-refractivity contribution in [3.8, 4) is 5.75 Å². The molecule has 1 heterocycles. The van der Waals surface area contributed by atoms with E-state index < -0.39 is 23.4 Å². The minimum atomic E-state index is -1.58. The van der Waals surface area contributed by atoms with E-state index in [9.17, 15) is 14.7 Å². The summed E-state index contributed by atoms with van der Waals surface area (Å²) in [5.74, 6) is -0.0880. The molecular formula is C33H30BrFN6O4.